The molecule has 4 heteroatoms. The first-order valence-corrected chi connectivity index (χ1v) is 5.41. The third-order valence-corrected chi connectivity index (χ3v) is 2.79. The molecule has 0 N–H and O–H groups in total. The smallest absolute Gasteiger partial charge is 0.239 e. The van der Waals surface area contributed by atoms with Gasteiger partial charge in [0.15, 0.2) is 0 Å². The molecule has 0 aromatic carbocycles. The van der Waals surface area contributed by atoms with Crippen LogP contribution in [0.5, 0.6) is 0 Å². The number of carbonyl (C=O) groups excluding carboxylic acids is 1. The Hall–Kier alpha value is -1.08. The molecule has 1 rings (SSSR count). The van der Waals surface area contributed by atoms with Crippen LogP contribution in [-0.2, 0) is 4.79 Å². The maximum Gasteiger partial charge on any atom is 0.239 e. The van der Waals surface area contributed by atoms with Gasteiger partial charge in [0.25, 0.3) is 0 Å². The summed E-state index contributed by atoms with van der Waals surface area (Å²) in [6.45, 7) is 2.64. The Bertz CT molecular complexity index is 265. The Morgan fingerprint density at radius 1 is 1.53 bits per heavy atom. The van der Waals surface area contributed by atoms with E-state index in [9.17, 15) is 4.79 Å². The van der Waals surface area contributed by atoms with Crippen LogP contribution in [-0.4, -0.2) is 48.4 Å². The van der Waals surface area contributed by atoms with Crippen molar-refractivity contribution >= 4 is 5.91 Å². The zero-order valence-corrected chi connectivity index (χ0v) is 9.73. The molecule has 0 aliphatic heterocycles. The van der Waals surface area contributed by atoms with Crippen molar-refractivity contribution in [2.24, 2.45) is 0 Å². The molecule has 1 saturated carbocycles. The number of likely N-dealkylation sites (N-methyl/N-ethyl adjacent to an activating group) is 1. The highest BCUT2D eigenvalue weighted by Gasteiger charge is 2.34. The molecule has 0 aromatic heterocycles. The molecule has 0 radical (unpaired) electrons. The van der Waals surface area contributed by atoms with Crippen LogP contribution < -0.4 is 0 Å². The quantitative estimate of drug-likeness (QED) is 0.674. The lowest BCUT2D eigenvalue weighted by molar-refractivity contribution is -0.134. The van der Waals surface area contributed by atoms with Gasteiger partial charge in [0.05, 0.1) is 12.1 Å². The minimum Gasteiger partial charge on any atom is -0.347 e. The van der Waals surface area contributed by atoms with Crippen LogP contribution in [0.1, 0.15) is 26.2 Å². The SMILES string of the molecule is CC(C(=O)N(C)C)N(CCC#N)C1CC1. The van der Waals surface area contributed by atoms with Crippen molar-refractivity contribution in [3.8, 4) is 6.07 Å². The number of carbonyl (C=O) groups is 1. The first-order chi connectivity index (χ1) is 7.07. The predicted molar refractivity (Wildman–Crippen MR) is 58.1 cm³/mol. The Kier molecular flexibility index (Phi) is 4.10. The van der Waals surface area contributed by atoms with E-state index < -0.39 is 0 Å². The highest BCUT2D eigenvalue weighted by molar-refractivity contribution is 5.81. The third kappa shape index (κ3) is 3.21. The van der Waals surface area contributed by atoms with Crippen molar-refractivity contribution < 1.29 is 4.79 Å². The molecular formula is C11H19N3O. The maximum atomic E-state index is 11.8. The normalized spacial score (nSPS) is 17.3. The summed E-state index contributed by atoms with van der Waals surface area (Å²) in [6, 6.07) is 2.57. The molecule has 1 unspecified atom stereocenters. The zero-order valence-electron chi connectivity index (χ0n) is 9.73. The molecule has 1 amide bonds. The van der Waals surface area contributed by atoms with E-state index in [1.54, 1.807) is 19.0 Å². The lowest BCUT2D eigenvalue weighted by Crippen LogP contribution is -2.46. The summed E-state index contributed by atoms with van der Waals surface area (Å²) < 4.78 is 0. The van der Waals surface area contributed by atoms with Gasteiger partial charge < -0.3 is 4.90 Å². The summed E-state index contributed by atoms with van der Waals surface area (Å²) in [6.07, 6.45) is 2.83. The van der Waals surface area contributed by atoms with Crippen LogP contribution in [0.3, 0.4) is 0 Å². The molecule has 1 aliphatic carbocycles. The maximum absolute atomic E-state index is 11.8. The monoisotopic (exact) mass is 209 g/mol. The fraction of sp³-hybridized carbons (Fsp3) is 0.818. The molecule has 1 atom stereocenters. The predicted octanol–water partition coefficient (Wildman–Crippen LogP) is 0.841. The van der Waals surface area contributed by atoms with Crippen molar-refractivity contribution in [3.63, 3.8) is 0 Å². The Morgan fingerprint density at radius 3 is 2.53 bits per heavy atom. The van der Waals surface area contributed by atoms with Gasteiger partial charge in [-0.25, -0.2) is 0 Å². The van der Waals surface area contributed by atoms with E-state index in [-0.39, 0.29) is 11.9 Å². The van der Waals surface area contributed by atoms with Crippen LogP contribution in [0.2, 0.25) is 0 Å². The highest BCUT2D eigenvalue weighted by atomic mass is 16.2. The number of nitrogens with zero attached hydrogens (tertiary/aromatic N) is 3. The topological polar surface area (TPSA) is 47.3 Å². The van der Waals surface area contributed by atoms with E-state index in [0.29, 0.717) is 19.0 Å². The highest BCUT2D eigenvalue weighted by Crippen LogP contribution is 2.28. The van der Waals surface area contributed by atoms with Gasteiger partial charge in [-0.1, -0.05) is 0 Å². The lowest BCUT2D eigenvalue weighted by Gasteiger charge is -2.29. The van der Waals surface area contributed by atoms with Crippen molar-refractivity contribution in [1.29, 1.82) is 5.26 Å². The van der Waals surface area contributed by atoms with E-state index in [2.05, 4.69) is 11.0 Å². The van der Waals surface area contributed by atoms with Crippen molar-refractivity contribution in [1.82, 2.24) is 9.80 Å². The third-order valence-electron chi connectivity index (χ3n) is 2.79. The first kappa shape index (κ1) is 12.0. The van der Waals surface area contributed by atoms with Gasteiger partial charge in [-0.05, 0) is 19.8 Å². The van der Waals surface area contributed by atoms with Gasteiger partial charge in [-0.3, -0.25) is 9.69 Å². The summed E-state index contributed by atoms with van der Waals surface area (Å²) in [5.74, 6) is 0.125. The largest absolute Gasteiger partial charge is 0.347 e. The van der Waals surface area contributed by atoms with E-state index in [1.165, 1.54) is 0 Å². The van der Waals surface area contributed by atoms with Gasteiger partial charge in [0.1, 0.15) is 0 Å². The standard InChI is InChI=1S/C11H19N3O/c1-9(11(15)13(2)3)14(8-4-7-12)10-5-6-10/h9-10H,4-6,8H2,1-3H3. The molecule has 1 fully saturated rings. The molecule has 1 aliphatic rings. The molecule has 15 heavy (non-hydrogen) atoms. The number of hydrogen-bond acceptors (Lipinski definition) is 3. The Labute approximate surface area is 91.5 Å². The molecule has 0 aromatic rings. The summed E-state index contributed by atoms with van der Waals surface area (Å²) in [5, 5.41) is 8.57. The molecule has 0 spiro atoms. The summed E-state index contributed by atoms with van der Waals surface area (Å²) >= 11 is 0. The minimum atomic E-state index is -0.0964. The average Bonchev–Trinajstić information content (AvgIpc) is 3.00. The number of nitriles is 1. The Balaban J connectivity index is 2.55. The number of hydrogen-bond donors (Lipinski definition) is 0. The van der Waals surface area contributed by atoms with Crippen LogP contribution in [0, 0.1) is 11.3 Å². The van der Waals surface area contributed by atoms with Gasteiger partial charge in [0.2, 0.25) is 5.91 Å². The molecule has 84 valence electrons. The van der Waals surface area contributed by atoms with Gasteiger partial charge in [-0.2, -0.15) is 5.26 Å². The molecule has 0 heterocycles. The van der Waals surface area contributed by atoms with Gasteiger partial charge in [-0.15, -0.1) is 0 Å². The second kappa shape index (κ2) is 5.13. The molecule has 0 bridgehead atoms. The zero-order chi connectivity index (χ0) is 11.4. The lowest BCUT2D eigenvalue weighted by atomic mass is 10.2. The number of amides is 1. The van der Waals surface area contributed by atoms with Crippen molar-refractivity contribution in [2.75, 3.05) is 20.6 Å². The molecular weight excluding hydrogens is 190 g/mol. The van der Waals surface area contributed by atoms with E-state index in [1.807, 2.05) is 6.92 Å². The second-order valence-electron chi connectivity index (χ2n) is 4.29. The van der Waals surface area contributed by atoms with Gasteiger partial charge >= 0.3 is 0 Å². The van der Waals surface area contributed by atoms with E-state index in [4.69, 9.17) is 5.26 Å². The summed E-state index contributed by atoms with van der Waals surface area (Å²) in [5.41, 5.74) is 0. The van der Waals surface area contributed by atoms with E-state index in [0.717, 1.165) is 12.8 Å². The minimum absolute atomic E-state index is 0.0964. The van der Waals surface area contributed by atoms with Crippen molar-refractivity contribution in [2.45, 2.75) is 38.3 Å². The summed E-state index contributed by atoms with van der Waals surface area (Å²) in [4.78, 5) is 15.6. The fourth-order valence-corrected chi connectivity index (χ4v) is 1.79. The van der Waals surface area contributed by atoms with E-state index >= 15 is 0 Å². The van der Waals surface area contributed by atoms with Gasteiger partial charge in [0, 0.05) is 33.1 Å². The average molecular weight is 209 g/mol. The summed E-state index contributed by atoms with van der Waals surface area (Å²) in [7, 11) is 3.54. The Morgan fingerprint density at radius 2 is 2.13 bits per heavy atom. The fourth-order valence-electron chi connectivity index (χ4n) is 1.79. The first-order valence-electron chi connectivity index (χ1n) is 5.41. The van der Waals surface area contributed by atoms with Crippen molar-refractivity contribution in [3.05, 3.63) is 0 Å². The molecule has 0 saturated heterocycles. The van der Waals surface area contributed by atoms with Crippen LogP contribution in [0.15, 0.2) is 0 Å². The molecule has 4 nitrogen and oxygen atoms in total. The van der Waals surface area contributed by atoms with Crippen LogP contribution >= 0.6 is 0 Å². The number of rotatable bonds is 5. The van der Waals surface area contributed by atoms with Crippen LogP contribution in [0.4, 0.5) is 0 Å². The van der Waals surface area contributed by atoms with Crippen LogP contribution in [0.25, 0.3) is 0 Å². The second-order valence-corrected chi connectivity index (χ2v) is 4.29.